The highest BCUT2D eigenvalue weighted by atomic mass is 35.5. The molecule has 1 atom stereocenters. The van der Waals surface area contributed by atoms with Crippen molar-refractivity contribution in [1.29, 1.82) is 0 Å². The average molecular weight is 550 g/mol. The molecule has 0 bridgehead atoms. The van der Waals surface area contributed by atoms with Gasteiger partial charge >= 0.3 is 0 Å². The fraction of sp³-hybridized carbons (Fsp3) is 0.259. The predicted octanol–water partition coefficient (Wildman–Crippen LogP) is 6.66. The van der Waals surface area contributed by atoms with Gasteiger partial charge in [0.1, 0.15) is 6.04 Å². The van der Waals surface area contributed by atoms with Gasteiger partial charge in [-0.2, -0.15) is 0 Å². The Labute approximate surface area is 225 Å². The number of hydrogen-bond donors (Lipinski definition) is 1. The highest BCUT2D eigenvalue weighted by Gasteiger charge is 2.31. The first kappa shape index (κ1) is 27.4. The number of amides is 2. The third kappa shape index (κ3) is 8.18. The third-order valence-electron chi connectivity index (χ3n) is 5.42. The molecule has 0 spiro atoms. The maximum Gasteiger partial charge on any atom is 0.243 e. The van der Waals surface area contributed by atoms with Crippen molar-refractivity contribution >= 4 is 58.4 Å². The van der Waals surface area contributed by atoms with Gasteiger partial charge in [0.15, 0.2) is 0 Å². The van der Waals surface area contributed by atoms with E-state index in [0.717, 1.165) is 11.1 Å². The maximum atomic E-state index is 13.6. The Morgan fingerprint density at radius 1 is 0.886 bits per heavy atom. The summed E-state index contributed by atoms with van der Waals surface area (Å²) in [5.41, 5.74) is 2.65. The molecule has 2 amide bonds. The Morgan fingerprint density at radius 3 is 2.17 bits per heavy atom. The number of benzene rings is 3. The van der Waals surface area contributed by atoms with Crippen LogP contribution in [0.15, 0.2) is 72.8 Å². The lowest BCUT2D eigenvalue weighted by Gasteiger charge is -2.32. The van der Waals surface area contributed by atoms with Crippen molar-refractivity contribution < 1.29 is 9.59 Å². The van der Waals surface area contributed by atoms with Gasteiger partial charge in [0.2, 0.25) is 11.8 Å². The summed E-state index contributed by atoms with van der Waals surface area (Å²) in [4.78, 5) is 28.4. The maximum absolute atomic E-state index is 13.6. The summed E-state index contributed by atoms with van der Waals surface area (Å²) in [6.07, 6.45) is 0.377. The normalized spacial score (nSPS) is 11.7. The van der Waals surface area contributed by atoms with Crippen LogP contribution >= 0.6 is 46.6 Å². The molecule has 4 nitrogen and oxygen atoms in total. The summed E-state index contributed by atoms with van der Waals surface area (Å²) in [6, 6.07) is 21.7. The van der Waals surface area contributed by atoms with Gasteiger partial charge in [-0.15, -0.1) is 11.8 Å². The number of carbonyl (C=O) groups is 2. The van der Waals surface area contributed by atoms with E-state index in [4.69, 9.17) is 34.8 Å². The lowest BCUT2D eigenvalue weighted by atomic mass is 10.0. The Balaban J connectivity index is 1.86. The second-order valence-electron chi connectivity index (χ2n) is 7.94. The molecule has 35 heavy (non-hydrogen) atoms. The number of nitrogens with one attached hydrogen (secondary N) is 1. The van der Waals surface area contributed by atoms with E-state index in [1.165, 1.54) is 11.8 Å². The molecule has 1 N–H and O–H groups in total. The van der Waals surface area contributed by atoms with Gasteiger partial charge in [-0.3, -0.25) is 9.59 Å². The lowest BCUT2D eigenvalue weighted by Crippen LogP contribution is -2.51. The van der Waals surface area contributed by atoms with Gasteiger partial charge < -0.3 is 10.2 Å². The zero-order valence-electron chi connectivity index (χ0n) is 19.3. The summed E-state index contributed by atoms with van der Waals surface area (Å²) in [6.45, 7) is 2.45. The number of hydrogen-bond acceptors (Lipinski definition) is 3. The van der Waals surface area contributed by atoms with E-state index in [1.807, 2.05) is 61.5 Å². The Morgan fingerprint density at radius 2 is 1.54 bits per heavy atom. The standard InChI is InChI=1S/C27H27Cl3N2O2S/c1-2-31-27(34)25(15-19-7-4-3-5-8-19)32(16-22-23(29)9-6-10-24(22)30)26(33)18-35-17-20-11-13-21(28)14-12-20/h3-14,25H,2,15-18H2,1H3,(H,31,34). The van der Waals surface area contributed by atoms with Crippen LogP contribution in [-0.4, -0.2) is 35.1 Å². The third-order valence-corrected chi connectivity index (χ3v) is 7.37. The van der Waals surface area contributed by atoms with E-state index < -0.39 is 6.04 Å². The molecule has 3 aromatic carbocycles. The number of rotatable bonds is 11. The first-order chi connectivity index (χ1) is 16.9. The first-order valence-corrected chi connectivity index (χ1v) is 13.5. The highest BCUT2D eigenvalue weighted by Crippen LogP contribution is 2.28. The van der Waals surface area contributed by atoms with Gasteiger partial charge in [-0.05, 0) is 42.3 Å². The van der Waals surface area contributed by atoms with E-state index in [1.54, 1.807) is 23.1 Å². The summed E-state index contributed by atoms with van der Waals surface area (Å²) in [7, 11) is 0. The fourth-order valence-electron chi connectivity index (χ4n) is 3.62. The van der Waals surface area contributed by atoms with E-state index in [2.05, 4.69) is 5.32 Å². The molecule has 0 saturated heterocycles. The number of thioether (sulfide) groups is 1. The van der Waals surface area contributed by atoms with Crippen molar-refractivity contribution in [1.82, 2.24) is 10.2 Å². The van der Waals surface area contributed by atoms with Crippen LogP contribution in [-0.2, 0) is 28.3 Å². The highest BCUT2D eigenvalue weighted by molar-refractivity contribution is 7.99. The first-order valence-electron chi connectivity index (χ1n) is 11.2. The minimum Gasteiger partial charge on any atom is -0.355 e. The average Bonchev–Trinajstić information content (AvgIpc) is 2.85. The lowest BCUT2D eigenvalue weighted by molar-refractivity contribution is -0.139. The summed E-state index contributed by atoms with van der Waals surface area (Å²) in [5.74, 6) is 0.478. The molecular formula is C27H27Cl3N2O2S. The summed E-state index contributed by atoms with van der Waals surface area (Å²) >= 11 is 20.3. The van der Waals surface area contributed by atoms with Crippen molar-refractivity contribution in [3.8, 4) is 0 Å². The molecule has 0 aliphatic rings. The van der Waals surface area contributed by atoms with Gasteiger partial charge in [-0.25, -0.2) is 0 Å². The SMILES string of the molecule is CCNC(=O)C(Cc1ccccc1)N(Cc1c(Cl)cccc1Cl)C(=O)CSCc1ccc(Cl)cc1. The van der Waals surface area contributed by atoms with Crippen LogP contribution in [0.4, 0.5) is 0 Å². The number of carbonyl (C=O) groups excluding carboxylic acids is 2. The van der Waals surface area contributed by atoms with Crippen LogP contribution in [0.5, 0.6) is 0 Å². The van der Waals surface area contributed by atoms with Crippen molar-refractivity contribution in [3.63, 3.8) is 0 Å². The molecule has 3 aromatic rings. The van der Waals surface area contributed by atoms with Gasteiger partial charge in [-0.1, -0.05) is 83.3 Å². The van der Waals surface area contributed by atoms with Crippen molar-refractivity contribution in [2.75, 3.05) is 12.3 Å². The van der Waals surface area contributed by atoms with Crippen LogP contribution in [0, 0.1) is 0 Å². The molecule has 0 heterocycles. The zero-order valence-corrected chi connectivity index (χ0v) is 22.4. The topological polar surface area (TPSA) is 49.4 Å². The minimum absolute atomic E-state index is 0.132. The number of likely N-dealkylation sites (N-methyl/N-ethyl adjacent to an activating group) is 1. The van der Waals surface area contributed by atoms with Crippen LogP contribution in [0.25, 0.3) is 0 Å². The zero-order chi connectivity index (χ0) is 25.2. The monoisotopic (exact) mass is 548 g/mol. The second-order valence-corrected chi connectivity index (χ2v) is 10.2. The molecular weight excluding hydrogens is 523 g/mol. The van der Waals surface area contributed by atoms with Gasteiger partial charge in [0.05, 0.1) is 5.75 Å². The van der Waals surface area contributed by atoms with Crippen LogP contribution in [0.2, 0.25) is 15.1 Å². The molecule has 0 aliphatic carbocycles. The Kier molecular flexibility index (Phi) is 10.8. The minimum atomic E-state index is -0.715. The fourth-order valence-corrected chi connectivity index (χ4v) is 5.13. The summed E-state index contributed by atoms with van der Waals surface area (Å²) in [5, 5.41) is 4.47. The molecule has 0 radical (unpaired) electrons. The molecule has 0 aromatic heterocycles. The second kappa shape index (κ2) is 13.8. The summed E-state index contributed by atoms with van der Waals surface area (Å²) < 4.78 is 0. The number of nitrogens with zero attached hydrogens (tertiary/aromatic N) is 1. The number of halogens is 3. The van der Waals surface area contributed by atoms with Crippen LogP contribution in [0.3, 0.4) is 0 Å². The Hall–Kier alpha value is -2.18. The van der Waals surface area contributed by atoms with E-state index in [-0.39, 0.29) is 24.1 Å². The Bertz CT molecular complexity index is 1110. The van der Waals surface area contributed by atoms with Crippen molar-refractivity contribution in [2.24, 2.45) is 0 Å². The quantitative estimate of drug-likeness (QED) is 0.291. The molecule has 0 aliphatic heterocycles. The molecule has 184 valence electrons. The van der Waals surface area contributed by atoms with Crippen LogP contribution < -0.4 is 5.32 Å². The predicted molar refractivity (Wildman–Crippen MR) is 147 cm³/mol. The van der Waals surface area contributed by atoms with Gasteiger partial charge in [0.25, 0.3) is 0 Å². The molecule has 8 heteroatoms. The molecule has 1 unspecified atom stereocenters. The van der Waals surface area contributed by atoms with Crippen molar-refractivity contribution in [3.05, 3.63) is 105 Å². The smallest absolute Gasteiger partial charge is 0.243 e. The van der Waals surface area contributed by atoms with E-state index in [0.29, 0.717) is 39.3 Å². The molecule has 3 rings (SSSR count). The van der Waals surface area contributed by atoms with Crippen LogP contribution in [0.1, 0.15) is 23.6 Å². The largest absolute Gasteiger partial charge is 0.355 e. The van der Waals surface area contributed by atoms with Gasteiger partial charge in [0, 0.05) is 45.9 Å². The van der Waals surface area contributed by atoms with Crippen molar-refractivity contribution in [2.45, 2.75) is 31.7 Å². The molecule has 0 saturated carbocycles. The van der Waals surface area contributed by atoms with E-state index in [9.17, 15) is 9.59 Å². The van der Waals surface area contributed by atoms with E-state index >= 15 is 0 Å². The molecule has 0 fully saturated rings.